The van der Waals surface area contributed by atoms with E-state index in [1.165, 1.54) is 30.3 Å². The molecule has 7 nitrogen and oxygen atoms in total. The van der Waals surface area contributed by atoms with Crippen molar-refractivity contribution in [2.24, 2.45) is 0 Å². The van der Waals surface area contributed by atoms with Gasteiger partial charge in [0.05, 0.1) is 38.0 Å². The van der Waals surface area contributed by atoms with Gasteiger partial charge in [-0.3, -0.25) is 14.4 Å². The first-order chi connectivity index (χ1) is 19.1. The van der Waals surface area contributed by atoms with Crippen LogP contribution < -0.4 is 15.5 Å². The summed E-state index contributed by atoms with van der Waals surface area (Å²) in [6.45, 7) is 1.78. The van der Waals surface area contributed by atoms with Crippen LogP contribution in [0.3, 0.4) is 0 Å². The molecule has 1 unspecified atom stereocenters. The molecular formula is C28H25B2BrF2N4O3. The average molecular weight is 605 g/mol. The molecule has 4 rings (SSSR count). The Kier molecular flexibility index (Phi) is 9.29. The molecule has 3 aromatic carbocycles. The first-order valence-electron chi connectivity index (χ1n) is 12.5. The van der Waals surface area contributed by atoms with E-state index in [2.05, 4.69) is 26.6 Å². The maximum absolute atomic E-state index is 14.4. The number of piperazine rings is 1. The Morgan fingerprint density at radius 1 is 0.925 bits per heavy atom. The quantitative estimate of drug-likeness (QED) is 0.306. The largest absolute Gasteiger partial charge is 0.366 e. The van der Waals surface area contributed by atoms with Gasteiger partial charge in [-0.2, -0.15) is 0 Å². The van der Waals surface area contributed by atoms with Crippen LogP contribution in [0.2, 0.25) is 0 Å². The van der Waals surface area contributed by atoms with Crippen LogP contribution in [0.4, 0.5) is 20.2 Å². The van der Waals surface area contributed by atoms with Gasteiger partial charge in [0.15, 0.2) is 0 Å². The average Bonchev–Trinajstić information content (AvgIpc) is 2.96. The van der Waals surface area contributed by atoms with Gasteiger partial charge in [0.25, 0.3) is 5.91 Å². The van der Waals surface area contributed by atoms with Crippen molar-refractivity contribution in [1.82, 2.24) is 10.2 Å². The molecular weight excluding hydrogens is 580 g/mol. The third-order valence-electron chi connectivity index (χ3n) is 6.71. The van der Waals surface area contributed by atoms with Gasteiger partial charge in [-0.1, -0.05) is 64.0 Å². The lowest BCUT2D eigenvalue weighted by Crippen LogP contribution is -2.58. The Bertz CT molecular complexity index is 1390. The van der Waals surface area contributed by atoms with Crippen LogP contribution in [0.1, 0.15) is 15.9 Å². The minimum Gasteiger partial charge on any atom is -0.366 e. The van der Waals surface area contributed by atoms with E-state index in [1.54, 1.807) is 35.2 Å². The third-order valence-corrected chi connectivity index (χ3v) is 7.19. The number of carbonyl (C=O) groups excluding carboxylic acids is 3. The molecule has 1 saturated heterocycles. The molecule has 4 radical (unpaired) electrons. The van der Waals surface area contributed by atoms with E-state index in [4.69, 9.17) is 15.7 Å². The predicted octanol–water partition coefficient (Wildman–Crippen LogP) is 2.94. The SMILES string of the molecule is [B]C([B])(c1ccccc1)C(NC(=O)c1ccccc1F)C(=O)Nc1cc(F)ccc1N1CCN(C(=O)CBr)CC1. The second kappa shape index (κ2) is 12.7. The predicted molar refractivity (Wildman–Crippen MR) is 155 cm³/mol. The molecule has 0 saturated carbocycles. The minimum atomic E-state index is -1.93. The molecule has 202 valence electrons. The topological polar surface area (TPSA) is 81.8 Å². The number of alkyl halides is 1. The number of hydrogen-bond donors (Lipinski definition) is 2. The number of nitrogens with one attached hydrogen (secondary N) is 2. The van der Waals surface area contributed by atoms with Gasteiger partial charge >= 0.3 is 0 Å². The van der Waals surface area contributed by atoms with E-state index in [-0.39, 0.29) is 22.5 Å². The molecule has 1 fully saturated rings. The number of hydrogen-bond acceptors (Lipinski definition) is 4. The summed E-state index contributed by atoms with van der Waals surface area (Å²) in [5.41, 5.74) is 0.668. The highest BCUT2D eigenvalue weighted by Crippen LogP contribution is 2.30. The first-order valence-corrected chi connectivity index (χ1v) is 13.6. The highest BCUT2D eigenvalue weighted by atomic mass is 79.9. The number of rotatable bonds is 8. The van der Waals surface area contributed by atoms with Gasteiger partial charge in [-0.15, -0.1) is 0 Å². The maximum Gasteiger partial charge on any atom is 0.254 e. The second-order valence-corrected chi connectivity index (χ2v) is 9.90. The lowest BCUT2D eigenvalue weighted by atomic mass is 9.47. The van der Waals surface area contributed by atoms with Crippen molar-refractivity contribution in [3.63, 3.8) is 0 Å². The van der Waals surface area contributed by atoms with Crippen molar-refractivity contribution in [1.29, 1.82) is 0 Å². The van der Waals surface area contributed by atoms with Gasteiger partial charge in [-0.25, -0.2) is 8.78 Å². The Morgan fingerprint density at radius 2 is 1.57 bits per heavy atom. The van der Waals surface area contributed by atoms with Crippen LogP contribution in [0, 0.1) is 11.6 Å². The summed E-state index contributed by atoms with van der Waals surface area (Å²) >= 11 is 3.17. The van der Waals surface area contributed by atoms with E-state index < -0.39 is 34.7 Å². The van der Waals surface area contributed by atoms with Crippen LogP contribution in [-0.4, -0.2) is 75.9 Å². The number of benzene rings is 3. The van der Waals surface area contributed by atoms with E-state index in [1.807, 2.05) is 4.90 Å². The molecule has 1 aliphatic rings. The summed E-state index contributed by atoms with van der Waals surface area (Å²) < 4.78 is 28.7. The summed E-state index contributed by atoms with van der Waals surface area (Å²) in [6, 6.07) is 15.9. The van der Waals surface area contributed by atoms with Crippen molar-refractivity contribution < 1.29 is 23.2 Å². The fourth-order valence-corrected chi connectivity index (χ4v) is 4.87. The number of amides is 3. The van der Waals surface area contributed by atoms with E-state index in [0.717, 1.165) is 12.1 Å². The summed E-state index contributed by atoms with van der Waals surface area (Å²) in [4.78, 5) is 42.4. The van der Waals surface area contributed by atoms with Gasteiger partial charge in [0.2, 0.25) is 11.8 Å². The van der Waals surface area contributed by atoms with Gasteiger partial charge in [-0.05, 0) is 35.5 Å². The molecule has 1 atom stereocenters. The fraction of sp³-hybridized carbons (Fsp3) is 0.250. The smallest absolute Gasteiger partial charge is 0.254 e. The van der Waals surface area contributed by atoms with Crippen molar-refractivity contribution in [3.8, 4) is 0 Å². The minimum absolute atomic E-state index is 0.0381. The molecule has 40 heavy (non-hydrogen) atoms. The molecule has 0 spiro atoms. The third kappa shape index (κ3) is 6.55. The van der Waals surface area contributed by atoms with Gasteiger partial charge < -0.3 is 20.4 Å². The van der Waals surface area contributed by atoms with Crippen LogP contribution in [-0.2, 0) is 14.8 Å². The zero-order valence-corrected chi connectivity index (χ0v) is 23.0. The molecule has 3 aromatic rings. The zero-order chi connectivity index (χ0) is 28.9. The van der Waals surface area contributed by atoms with Crippen LogP contribution in [0.5, 0.6) is 0 Å². The first kappa shape index (κ1) is 29.3. The molecule has 12 heteroatoms. The van der Waals surface area contributed by atoms with Crippen LogP contribution >= 0.6 is 15.9 Å². The Morgan fingerprint density at radius 3 is 2.23 bits per heavy atom. The van der Waals surface area contributed by atoms with Gasteiger partial charge in [0.1, 0.15) is 17.7 Å². The second-order valence-electron chi connectivity index (χ2n) is 9.34. The lowest BCUT2D eigenvalue weighted by molar-refractivity contribution is -0.128. The number of carbonyl (C=O) groups is 3. The molecule has 0 aromatic heterocycles. The van der Waals surface area contributed by atoms with Crippen molar-refractivity contribution in [2.75, 3.05) is 41.7 Å². The maximum atomic E-state index is 14.4. The molecule has 0 bridgehead atoms. The van der Waals surface area contributed by atoms with Crippen LogP contribution in [0.15, 0.2) is 72.8 Å². The Hall–Kier alpha value is -3.66. The number of nitrogens with zero attached hydrogens (tertiary/aromatic N) is 2. The van der Waals surface area contributed by atoms with Crippen molar-refractivity contribution >= 4 is 60.7 Å². The molecule has 3 amide bonds. The summed E-state index contributed by atoms with van der Waals surface area (Å²) in [5, 5.41) is 3.42. The lowest BCUT2D eigenvalue weighted by Gasteiger charge is -2.38. The molecule has 2 N–H and O–H groups in total. The van der Waals surface area contributed by atoms with Crippen molar-refractivity contribution in [2.45, 2.75) is 11.3 Å². The number of anilines is 2. The van der Waals surface area contributed by atoms with Gasteiger partial charge in [0, 0.05) is 26.2 Å². The zero-order valence-electron chi connectivity index (χ0n) is 21.4. The van der Waals surface area contributed by atoms with Crippen molar-refractivity contribution in [3.05, 3.63) is 95.6 Å². The standard InChI is InChI=1S/C28H25B2BrF2N4O3/c29-28(30,18-6-2-1-3-7-18)25(35-26(39)20-8-4-5-9-21(20)33)27(40)34-22-16-19(32)10-11-23(22)36-12-14-37(15-13-36)24(38)17-31/h1-11,16,25H,12-15,17H2,(H,34,40)(H,35,39). The fourth-order valence-electron chi connectivity index (χ4n) is 4.52. The molecule has 1 aliphatic heterocycles. The van der Waals surface area contributed by atoms with Crippen LogP contribution in [0.25, 0.3) is 0 Å². The summed E-state index contributed by atoms with van der Waals surface area (Å²) in [5.74, 6) is -3.17. The summed E-state index contributed by atoms with van der Waals surface area (Å²) in [6.07, 6.45) is 0. The van der Waals surface area contributed by atoms with E-state index in [9.17, 15) is 23.2 Å². The monoisotopic (exact) mass is 604 g/mol. The molecule has 1 heterocycles. The van der Waals surface area contributed by atoms with E-state index in [0.29, 0.717) is 37.4 Å². The Labute approximate surface area is 242 Å². The highest BCUT2D eigenvalue weighted by molar-refractivity contribution is 9.09. The summed E-state index contributed by atoms with van der Waals surface area (Å²) in [7, 11) is 12.9. The highest BCUT2D eigenvalue weighted by Gasteiger charge is 2.38. The Balaban J connectivity index is 1.63. The van der Waals surface area contributed by atoms with E-state index >= 15 is 0 Å². The molecule has 0 aliphatic carbocycles. The normalized spacial score (nSPS) is 14.4. The number of halogens is 3.